The number of nitrogens with two attached hydrogens (primary N) is 1. The number of benzene rings is 1. The maximum absolute atomic E-state index is 6.55. The van der Waals surface area contributed by atoms with E-state index in [4.69, 9.17) is 22.1 Å². The van der Waals surface area contributed by atoms with E-state index in [1.165, 1.54) is 12.8 Å². The Morgan fingerprint density at radius 3 is 2.59 bits per heavy atom. The standard InChI is InChI=1S/C14H20ClNO/c1-10-5-7-14(16,8-6-10)12-9-11(15)3-4-13(12)17-2/h3-4,9-10H,5-8,16H2,1-2H3. The molecule has 2 rings (SSSR count). The van der Waals surface area contributed by atoms with Crippen LogP contribution in [0.25, 0.3) is 0 Å². The molecule has 0 aliphatic heterocycles. The van der Waals surface area contributed by atoms with Gasteiger partial charge < -0.3 is 10.5 Å². The molecule has 2 N–H and O–H groups in total. The van der Waals surface area contributed by atoms with Crippen LogP contribution >= 0.6 is 11.6 Å². The highest BCUT2D eigenvalue weighted by atomic mass is 35.5. The lowest BCUT2D eigenvalue weighted by molar-refractivity contribution is 0.241. The second-order valence-corrected chi connectivity index (χ2v) is 5.62. The first-order valence-electron chi connectivity index (χ1n) is 6.18. The Balaban J connectivity index is 2.34. The molecule has 17 heavy (non-hydrogen) atoms. The van der Waals surface area contributed by atoms with E-state index in [0.29, 0.717) is 0 Å². The lowest BCUT2D eigenvalue weighted by Crippen LogP contribution is -2.40. The van der Waals surface area contributed by atoms with Crippen molar-refractivity contribution in [2.24, 2.45) is 11.7 Å². The molecule has 0 saturated heterocycles. The second kappa shape index (κ2) is 4.87. The molecule has 1 aliphatic carbocycles. The van der Waals surface area contributed by atoms with Crippen LogP contribution in [0.3, 0.4) is 0 Å². The summed E-state index contributed by atoms with van der Waals surface area (Å²) in [5.41, 5.74) is 7.33. The summed E-state index contributed by atoms with van der Waals surface area (Å²) in [6.07, 6.45) is 4.36. The monoisotopic (exact) mass is 253 g/mol. The molecule has 0 aromatic heterocycles. The van der Waals surface area contributed by atoms with E-state index in [-0.39, 0.29) is 5.54 Å². The van der Waals surface area contributed by atoms with E-state index in [1.54, 1.807) is 7.11 Å². The minimum atomic E-state index is -0.275. The third-order valence-electron chi connectivity index (χ3n) is 3.86. The number of hydrogen-bond donors (Lipinski definition) is 1. The van der Waals surface area contributed by atoms with Crippen molar-refractivity contribution in [1.82, 2.24) is 0 Å². The first kappa shape index (κ1) is 12.7. The summed E-state index contributed by atoms with van der Waals surface area (Å²) < 4.78 is 5.41. The van der Waals surface area contributed by atoms with Crippen molar-refractivity contribution in [2.45, 2.75) is 38.1 Å². The van der Waals surface area contributed by atoms with Crippen molar-refractivity contribution in [3.8, 4) is 5.75 Å². The van der Waals surface area contributed by atoms with Gasteiger partial charge in [0.05, 0.1) is 7.11 Å². The van der Waals surface area contributed by atoms with Crippen molar-refractivity contribution in [3.63, 3.8) is 0 Å². The van der Waals surface area contributed by atoms with Crippen LogP contribution in [0, 0.1) is 5.92 Å². The first-order chi connectivity index (χ1) is 8.05. The Hall–Kier alpha value is -0.730. The fourth-order valence-electron chi connectivity index (χ4n) is 2.62. The molecule has 3 heteroatoms. The zero-order valence-electron chi connectivity index (χ0n) is 10.5. The van der Waals surface area contributed by atoms with E-state index < -0.39 is 0 Å². The minimum absolute atomic E-state index is 0.275. The Labute approximate surface area is 108 Å². The lowest BCUT2D eigenvalue weighted by Gasteiger charge is -2.37. The highest BCUT2D eigenvalue weighted by molar-refractivity contribution is 6.30. The van der Waals surface area contributed by atoms with Crippen LogP contribution in [-0.4, -0.2) is 7.11 Å². The maximum atomic E-state index is 6.55. The predicted octanol–water partition coefficient (Wildman–Crippen LogP) is 3.71. The van der Waals surface area contributed by atoms with E-state index in [1.807, 2.05) is 18.2 Å². The van der Waals surface area contributed by atoms with Crippen LogP contribution in [0.5, 0.6) is 5.75 Å². The van der Waals surface area contributed by atoms with E-state index in [2.05, 4.69) is 6.92 Å². The van der Waals surface area contributed by atoms with E-state index in [9.17, 15) is 0 Å². The van der Waals surface area contributed by atoms with Gasteiger partial charge in [-0.1, -0.05) is 18.5 Å². The van der Waals surface area contributed by atoms with Crippen molar-refractivity contribution in [3.05, 3.63) is 28.8 Å². The van der Waals surface area contributed by atoms with Crippen LogP contribution in [0.2, 0.25) is 5.02 Å². The zero-order chi connectivity index (χ0) is 12.5. The normalized spacial score (nSPS) is 29.1. The molecular weight excluding hydrogens is 234 g/mol. The molecule has 0 bridgehead atoms. The predicted molar refractivity (Wildman–Crippen MR) is 71.5 cm³/mol. The fraction of sp³-hybridized carbons (Fsp3) is 0.571. The van der Waals surface area contributed by atoms with Gasteiger partial charge in [0.1, 0.15) is 5.75 Å². The molecule has 0 spiro atoms. The molecule has 2 nitrogen and oxygen atoms in total. The van der Waals surface area contributed by atoms with Gasteiger partial charge in [0.2, 0.25) is 0 Å². The lowest BCUT2D eigenvalue weighted by atomic mass is 9.73. The molecule has 1 saturated carbocycles. The highest BCUT2D eigenvalue weighted by Crippen LogP contribution is 2.41. The average Bonchev–Trinajstić information content (AvgIpc) is 2.33. The first-order valence-corrected chi connectivity index (χ1v) is 6.56. The second-order valence-electron chi connectivity index (χ2n) is 5.18. The number of methoxy groups -OCH3 is 1. The molecule has 1 aromatic rings. The molecule has 0 amide bonds. The van der Waals surface area contributed by atoms with E-state index in [0.717, 1.165) is 35.1 Å². The van der Waals surface area contributed by atoms with Crippen molar-refractivity contribution < 1.29 is 4.74 Å². The number of hydrogen-bond acceptors (Lipinski definition) is 2. The SMILES string of the molecule is COc1ccc(Cl)cc1C1(N)CCC(C)CC1. The van der Waals surface area contributed by atoms with Crippen molar-refractivity contribution in [1.29, 1.82) is 0 Å². The fourth-order valence-corrected chi connectivity index (χ4v) is 2.79. The number of ether oxygens (including phenoxy) is 1. The van der Waals surface area contributed by atoms with E-state index >= 15 is 0 Å². The molecule has 1 aliphatic rings. The Kier molecular flexibility index (Phi) is 3.64. The van der Waals surface area contributed by atoms with Crippen LogP contribution in [0.1, 0.15) is 38.2 Å². The van der Waals surface area contributed by atoms with Gasteiger partial charge in [-0.2, -0.15) is 0 Å². The smallest absolute Gasteiger partial charge is 0.124 e. The summed E-state index contributed by atoms with van der Waals surface area (Å²) in [7, 11) is 1.68. The average molecular weight is 254 g/mol. The van der Waals surface area contributed by atoms with Gasteiger partial charge in [0, 0.05) is 16.1 Å². The summed E-state index contributed by atoms with van der Waals surface area (Å²) in [5.74, 6) is 1.63. The van der Waals surface area contributed by atoms with Crippen LogP contribution in [-0.2, 0) is 5.54 Å². The van der Waals surface area contributed by atoms with Crippen molar-refractivity contribution in [2.75, 3.05) is 7.11 Å². The third-order valence-corrected chi connectivity index (χ3v) is 4.10. The van der Waals surface area contributed by atoms with Gasteiger partial charge in [-0.3, -0.25) is 0 Å². The topological polar surface area (TPSA) is 35.2 Å². The van der Waals surface area contributed by atoms with Crippen molar-refractivity contribution >= 4 is 11.6 Å². The number of halogens is 1. The molecular formula is C14H20ClNO. The maximum Gasteiger partial charge on any atom is 0.124 e. The van der Waals surface area contributed by atoms with Crippen LogP contribution < -0.4 is 10.5 Å². The van der Waals surface area contributed by atoms with Gasteiger partial charge in [-0.05, 0) is 49.8 Å². The molecule has 0 atom stereocenters. The molecule has 1 fully saturated rings. The largest absolute Gasteiger partial charge is 0.496 e. The molecule has 1 aromatic carbocycles. The molecule has 0 unspecified atom stereocenters. The summed E-state index contributed by atoms with van der Waals surface area (Å²) in [4.78, 5) is 0. The summed E-state index contributed by atoms with van der Waals surface area (Å²) >= 11 is 6.07. The summed E-state index contributed by atoms with van der Waals surface area (Å²) in [6.45, 7) is 2.29. The Bertz CT molecular complexity index is 397. The summed E-state index contributed by atoms with van der Waals surface area (Å²) in [5, 5.41) is 0.726. The Morgan fingerprint density at radius 2 is 2.00 bits per heavy atom. The highest BCUT2D eigenvalue weighted by Gasteiger charge is 2.34. The van der Waals surface area contributed by atoms with Gasteiger partial charge in [0.25, 0.3) is 0 Å². The summed E-state index contributed by atoms with van der Waals surface area (Å²) in [6, 6.07) is 5.71. The minimum Gasteiger partial charge on any atom is -0.496 e. The number of rotatable bonds is 2. The molecule has 0 heterocycles. The Morgan fingerprint density at radius 1 is 1.35 bits per heavy atom. The molecule has 94 valence electrons. The van der Waals surface area contributed by atoms with Gasteiger partial charge in [-0.25, -0.2) is 0 Å². The van der Waals surface area contributed by atoms with Gasteiger partial charge in [-0.15, -0.1) is 0 Å². The van der Waals surface area contributed by atoms with Crippen LogP contribution in [0.15, 0.2) is 18.2 Å². The van der Waals surface area contributed by atoms with Crippen LogP contribution in [0.4, 0.5) is 0 Å². The molecule has 0 radical (unpaired) electrons. The third kappa shape index (κ3) is 2.58. The van der Waals surface area contributed by atoms with Gasteiger partial charge in [0.15, 0.2) is 0 Å². The van der Waals surface area contributed by atoms with Gasteiger partial charge >= 0.3 is 0 Å². The quantitative estimate of drug-likeness (QED) is 0.872. The zero-order valence-corrected chi connectivity index (χ0v) is 11.3.